The average molecular weight is 538 g/mol. The van der Waals surface area contributed by atoms with Crippen LogP contribution in [-0.2, 0) is 19.3 Å². The summed E-state index contributed by atoms with van der Waals surface area (Å²) >= 11 is 0. The van der Waals surface area contributed by atoms with Crippen LogP contribution in [0.15, 0.2) is 55.1 Å². The number of likely N-dealkylation sites (tertiary alicyclic amines) is 1. The molecule has 2 atom stereocenters. The van der Waals surface area contributed by atoms with Crippen molar-refractivity contribution in [2.75, 3.05) is 29.9 Å². The Morgan fingerprint density at radius 1 is 1.10 bits per heavy atom. The smallest absolute Gasteiger partial charge is 0.364 e. The van der Waals surface area contributed by atoms with Crippen molar-refractivity contribution in [2.24, 2.45) is 11.8 Å². The summed E-state index contributed by atoms with van der Waals surface area (Å²) in [4.78, 5) is 25.8. The van der Waals surface area contributed by atoms with Gasteiger partial charge in [0.15, 0.2) is 0 Å². The molecule has 2 aromatic carbocycles. The molecular weight excluding hydrogens is 503 g/mol. The predicted octanol–water partition coefficient (Wildman–Crippen LogP) is 6.35. The number of anilines is 2. The summed E-state index contributed by atoms with van der Waals surface area (Å²) in [5.74, 6) is 0.890. The molecule has 9 heteroatoms. The molecular formula is C30H34F3N5O. The number of aromatic nitrogens is 2. The van der Waals surface area contributed by atoms with E-state index < -0.39 is 17.6 Å². The number of amides is 1. The number of carbonyl (C=O) groups excluding carboxylic acids is 1. The van der Waals surface area contributed by atoms with E-state index in [9.17, 15) is 18.0 Å². The number of carbonyl (C=O) groups is 1. The molecule has 3 aromatic rings. The molecule has 1 saturated heterocycles. The van der Waals surface area contributed by atoms with E-state index in [1.807, 2.05) is 12.1 Å². The maximum Gasteiger partial charge on any atom is 0.416 e. The molecule has 0 saturated carbocycles. The summed E-state index contributed by atoms with van der Waals surface area (Å²) in [6, 6.07) is 9.40. The summed E-state index contributed by atoms with van der Waals surface area (Å²) in [5, 5.41) is 2.73. The largest absolute Gasteiger partial charge is 0.416 e. The van der Waals surface area contributed by atoms with E-state index in [0.717, 1.165) is 48.9 Å². The highest BCUT2D eigenvalue weighted by Gasteiger charge is 2.32. The van der Waals surface area contributed by atoms with Crippen molar-refractivity contribution in [2.45, 2.75) is 52.4 Å². The molecule has 0 radical (unpaired) electrons. The van der Waals surface area contributed by atoms with Gasteiger partial charge in [-0.25, -0.2) is 9.97 Å². The third-order valence-electron chi connectivity index (χ3n) is 7.94. The zero-order chi connectivity index (χ0) is 27.7. The zero-order valence-corrected chi connectivity index (χ0v) is 22.5. The lowest BCUT2D eigenvalue weighted by molar-refractivity contribution is -0.137. The van der Waals surface area contributed by atoms with E-state index in [0.29, 0.717) is 36.1 Å². The Bertz CT molecular complexity index is 1330. The summed E-state index contributed by atoms with van der Waals surface area (Å²) in [7, 11) is 0. The molecule has 5 rings (SSSR count). The molecule has 1 amide bonds. The van der Waals surface area contributed by atoms with Gasteiger partial charge in [-0.05, 0) is 77.7 Å². The molecule has 39 heavy (non-hydrogen) atoms. The van der Waals surface area contributed by atoms with Gasteiger partial charge in [-0.1, -0.05) is 26.8 Å². The van der Waals surface area contributed by atoms with Crippen LogP contribution < -0.4 is 10.2 Å². The summed E-state index contributed by atoms with van der Waals surface area (Å²) in [6.45, 7) is 10.0. The molecule has 1 unspecified atom stereocenters. The highest BCUT2D eigenvalue weighted by Crippen LogP contribution is 2.34. The van der Waals surface area contributed by atoms with Gasteiger partial charge in [-0.2, -0.15) is 13.2 Å². The molecule has 2 aliphatic rings. The number of halogens is 3. The minimum Gasteiger partial charge on any atom is -0.364 e. The normalized spacial score (nSPS) is 19.8. The first kappa shape index (κ1) is 27.1. The third-order valence-corrected chi connectivity index (χ3v) is 7.94. The molecule has 2 aliphatic heterocycles. The highest BCUT2D eigenvalue weighted by molar-refractivity contribution is 6.04. The number of hydrogen-bond acceptors (Lipinski definition) is 5. The Kier molecular flexibility index (Phi) is 7.62. The fraction of sp³-hybridized carbons (Fsp3) is 0.433. The van der Waals surface area contributed by atoms with Crippen LogP contribution in [0.2, 0.25) is 0 Å². The van der Waals surface area contributed by atoms with Crippen molar-refractivity contribution in [3.63, 3.8) is 0 Å². The van der Waals surface area contributed by atoms with Gasteiger partial charge in [0.1, 0.15) is 6.33 Å². The molecule has 1 fully saturated rings. The van der Waals surface area contributed by atoms with Crippen molar-refractivity contribution in [1.29, 1.82) is 0 Å². The lowest BCUT2D eigenvalue weighted by Gasteiger charge is -2.34. The second-order valence-electron chi connectivity index (χ2n) is 11.2. The first-order valence-electron chi connectivity index (χ1n) is 13.4. The fourth-order valence-electron chi connectivity index (χ4n) is 5.75. The van der Waals surface area contributed by atoms with Crippen LogP contribution in [0.1, 0.15) is 65.7 Å². The summed E-state index contributed by atoms with van der Waals surface area (Å²) in [5.41, 5.74) is 3.41. The first-order valence-corrected chi connectivity index (χ1v) is 13.4. The first-order chi connectivity index (χ1) is 18.6. The van der Waals surface area contributed by atoms with Gasteiger partial charge in [-0.3, -0.25) is 9.69 Å². The predicted molar refractivity (Wildman–Crippen MR) is 146 cm³/mol. The van der Waals surface area contributed by atoms with Crippen LogP contribution in [0.3, 0.4) is 0 Å². The van der Waals surface area contributed by atoms with Crippen molar-refractivity contribution in [3.8, 4) is 0 Å². The van der Waals surface area contributed by atoms with E-state index in [-0.39, 0.29) is 11.6 Å². The fourth-order valence-corrected chi connectivity index (χ4v) is 5.75. The van der Waals surface area contributed by atoms with Gasteiger partial charge in [0.05, 0.1) is 23.6 Å². The van der Waals surface area contributed by atoms with Crippen LogP contribution in [0, 0.1) is 11.8 Å². The van der Waals surface area contributed by atoms with Crippen LogP contribution >= 0.6 is 0 Å². The highest BCUT2D eigenvalue weighted by atomic mass is 19.4. The molecule has 1 N–H and O–H groups in total. The number of fused-ring (bicyclic) bond motifs is 1. The maximum absolute atomic E-state index is 13.8. The Morgan fingerprint density at radius 3 is 2.56 bits per heavy atom. The van der Waals surface area contributed by atoms with Crippen molar-refractivity contribution in [3.05, 3.63) is 82.9 Å². The lowest BCUT2D eigenvalue weighted by atomic mass is 9.89. The lowest BCUT2D eigenvalue weighted by Crippen LogP contribution is -2.33. The number of benzene rings is 2. The van der Waals surface area contributed by atoms with Crippen LogP contribution in [-0.4, -0.2) is 40.4 Å². The number of rotatable bonds is 6. The molecule has 206 valence electrons. The van der Waals surface area contributed by atoms with Gasteiger partial charge in [0.2, 0.25) is 0 Å². The van der Waals surface area contributed by atoms with E-state index in [1.165, 1.54) is 12.4 Å². The molecule has 3 heterocycles. The molecule has 0 spiro atoms. The van der Waals surface area contributed by atoms with Gasteiger partial charge in [0.25, 0.3) is 5.91 Å². The quantitative estimate of drug-likeness (QED) is 0.397. The van der Waals surface area contributed by atoms with Crippen molar-refractivity contribution in [1.82, 2.24) is 14.9 Å². The summed E-state index contributed by atoms with van der Waals surface area (Å²) in [6.07, 6.45) is 1.55. The zero-order valence-electron chi connectivity index (χ0n) is 22.5. The van der Waals surface area contributed by atoms with Gasteiger partial charge in [0, 0.05) is 37.4 Å². The number of nitrogens with zero attached hydrogens (tertiary/aromatic N) is 4. The Hall–Kier alpha value is -3.46. The van der Waals surface area contributed by atoms with Crippen LogP contribution in [0.5, 0.6) is 0 Å². The van der Waals surface area contributed by atoms with E-state index in [2.05, 4.69) is 45.9 Å². The topological polar surface area (TPSA) is 61.4 Å². The monoisotopic (exact) mass is 537 g/mol. The van der Waals surface area contributed by atoms with Gasteiger partial charge >= 0.3 is 6.18 Å². The Morgan fingerprint density at radius 2 is 1.87 bits per heavy atom. The molecule has 0 aliphatic carbocycles. The van der Waals surface area contributed by atoms with E-state index >= 15 is 0 Å². The molecule has 0 bridgehead atoms. The second-order valence-corrected chi connectivity index (χ2v) is 11.2. The summed E-state index contributed by atoms with van der Waals surface area (Å²) < 4.78 is 41.3. The van der Waals surface area contributed by atoms with Crippen molar-refractivity contribution >= 4 is 17.3 Å². The molecule has 1 aromatic heterocycles. The van der Waals surface area contributed by atoms with Gasteiger partial charge < -0.3 is 10.2 Å². The second kappa shape index (κ2) is 11.0. The average Bonchev–Trinajstić information content (AvgIpc) is 3.37. The SMILES string of the molecule is CC1CN(c2cncnc2)Cc2cc(C(=O)Nc3cc(CN4CC[C@@H](C(C)C)C4)cc(C(F)(F)F)c3)ccc21. The van der Waals surface area contributed by atoms with E-state index in [4.69, 9.17) is 0 Å². The van der Waals surface area contributed by atoms with Crippen LogP contribution in [0.4, 0.5) is 24.5 Å². The Balaban J connectivity index is 1.35. The standard InChI is InChI=1S/C30H34F3N5O/c1-19(2)23-6-7-37(16-23)15-21-8-25(30(31,32)33)11-26(9-21)36-29(39)22-4-5-28-20(3)14-38(17-24(28)10-22)27-12-34-18-35-13-27/h4-5,8-13,18-20,23H,6-7,14-17H2,1-3H3,(H,36,39)/t20?,23-/m1/s1. The molecule has 6 nitrogen and oxygen atoms in total. The maximum atomic E-state index is 13.8. The minimum atomic E-state index is -4.51. The third kappa shape index (κ3) is 6.24. The van der Waals surface area contributed by atoms with Crippen molar-refractivity contribution < 1.29 is 18.0 Å². The number of alkyl halides is 3. The number of hydrogen-bond donors (Lipinski definition) is 1. The van der Waals surface area contributed by atoms with Gasteiger partial charge in [-0.15, -0.1) is 0 Å². The number of nitrogens with one attached hydrogen (secondary N) is 1. The van der Waals surface area contributed by atoms with Crippen LogP contribution in [0.25, 0.3) is 0 Å². The van der Waals surface area contributed by atoms with E-state index in [1.54, 1.807) is 24.5 Å². The Labute approximate surface area is 227 Å². The minimum absolute atomic E-state index is 0.151.